The lowest BCUT2D eigenvalue weighted by Gasteiger charge is -2.03. The van der Waals surface area contributed by atoms with Gasteiger partial charge in [0.25, 0.3) is 5.89 Å². The van der Waals surface area contributed by atoms with Gasteiger partial charge in [0.2, 0.25) is 5.82 Å². The Kier molecular flexibility index (Phi) is 3.55. The van der Waals surface area contributed by atoms with Crippen molar-refractivity contribution in [3.8, 4) is 28.6 Å². The number of hydrogen-bond acceptors (Lipinski definition) is 5. The summed E-state index contributed by atoms with van der Waals surface area (Å²) >= 11 is 0. The van der Waals surface area contributed by atoms with Gasteiger partial charge in [-0.15, -0.1) is 0 Å². The topological polar surface area (TPSA) is 77.0 Å². The Labute approximate surface area is 138 Å². The number of benzene rings is 2. The molecule has 4 rings (SSSR count). The molecule has 118 valence electrons. The second-order valence-electron chi connectivity index (χ2n) is 5.37. The molecule has 4 aromatic rings. The molecule has 0 unspecified atom stereocenters. The number of aromatic nitrogens is 4. The average Bonchev–Trinajstić information content (AvgIpc) is 3.28. The van der Waals surface area contributed by atoms with Gasteiger partial charge in [-0.3, -0.25) is 4.68 Å². The lowest BCUT2D eigenvalue weighted by Crippen LogP contribution is -1.99. The van der Waals surface area contributed by atoms with Crippen LogP contribution in [0.1, 0.15) is 5.56 Å². The largest absolute Gasteiger partial charge is 0.508 e. The van der Waals surface area contributed by atoms with E-state index in [0.29, 0.717) is 18.3 Å². The van der Waals surface area contributed by atoms with Gasteiger partial charge in [-0.25, -0.2) is 0 Å². The lowest BCUT2D eigenvalue weighted by atomic mass is 10.1. The first-order valence-electron chi connectivity index (χ1n) is 7.48. The molecular formula is C18H14N4O2. The van der Waals surface area contributed by atoms with Crippen LogP contribution >= 0.6 is 0 Å². The van der Waals surface area contributed by atoms with Gasteiger partial charge in [-0.2, -0.15) is 10.1 Å². The molecule has 0 aliphatic rings. The zero-order valence-corrected chi connectivity index (χ0v) is 12.7. The van der Waals surface area contributed by atoms with Crippen molar-refractivity contribution in [3.05, 3.63) is 72.6 Å². The first kappa shape index (κ1) is 14.2. The molecule has 24 heavy (non-hydrogen) atoms. The highest BCUT2D eigenvalue weighted by molar-refractivity contribution is 5.60. The zero-order chi connectivity index (χ0) is 16.4. The van der Waals surface area contributed by atoms with Crippen molar-refractivity contribution in [1.29, 1.82) is 0 Å². The molecule has 0 bridgehead atoms. The van der Waals surface area contributed by atoms with Gasteiger partial charge in [0, 0.05) is 23.5 Å². The minimum absolute atomic E-state index is 0.203. The molecule has 2 heterocycles. The van der Waals surface area contributed by atoms with Crippen LogP contribution in [0.3, 0.4) is 0 Å². The quantitative estimate of drug-likeness (QED) is 0.624. The van der Waals surface area contributed by atoms with Crippen LogP contribution in [-0.4, -0.2) is 25.0 Å². The van der Waals surface area contributed by atoms with Gasteiger partial charge < -0.3 is 9.63 Å². The number of rotatable bonds is 4. The van der Waals surface area contributed by atoms with Crippen molar-refractivity contribution < 1.29 is 9.63 Å². The fraction of sp³-hybridized carbons (Fsp3) is 0.0556. The van der Waals surface area contributed by atoms with Crippen LogP contribution in [0.4, 0.5) is 0 Å². The van der Waals surface area contributed by atoms with Crippen molar-refractivity contribution in [2.45, 2.75) is 6.54 Å². The number of phenolic OH excluding ortho intramolecular Hbond substituents is 1. The molecule has 0 aliphatic carbocycles. The minimum Gasteiger partial charge on any atom is -0.508 e. The van der Waals surface area contributed by atoms with Gasteiger partial charge in [0.1, 0.15) is 5.75 Å². The van der Waals surface area contributed by atoms with E-state index in [2.05, 4.69) is 15.2 Å². The molecule has 0 radical (unpaired) electrons. The second kappa shape index (κ2) is 6.00. The van der Waals surface area contributed by atoms with Gasteiger partial charge in [-0.1, -0.05) is 17.3 Å². The van der Waals surface area contributed by atoms with Crippen molar-refractivity contribution in [2.24, 2.45) is 0 Å². The van der Waals surface area contributed by atoms with Crippen LogP contribution < -0.4 is 0 Å². The molecule has 6 nitrogen and oxygen atoms in total. The average molecular weight is 318 g/mol. The van der Waals surface area contributed by atoms with E-state index in [4.69, 9.17) is 4.52 Å². The van der Waals surface area contributed by atoms with Gasteiger partial charge >= 0.3 is 0 Å². The Hall–Kier alpha value is -3.41. The molecule has 0 saturated carbocycles. The molecule has 0 atom stereocenters. The second-order valence-corrected chi connectivity index (χ2v) is 5.37. The third-order valence-corrected chi connectivity index (χ3v) is 3.63. The maximum absolute atomic E-state index is 9.35. The summed E-state index contributed by atoms with van der Waals surface area (Å²) in [6.07, 6.45) is 3.67. The third-order valence-electron chi connectivity index (χ3n) is 3.63. The number of nitrogens with zero attached hydrogens (tertiary/aromatic N) is 4. The maximum Gasteiger partial charge on any atom is 0.258 e. The smallest absolute Gasteiger partial charge is 0.258 e. The Morgan fingerprint density at radius 3 is 2.67 bits per heavy atom. The van der Waals surface area contributed by atoms with Gasteiger partial charge in [0.05, 0.1) is 6.54 Å². The predicted molar refractivity (Wildman–Crippen MR) is 88.2 cm³/mol. The summed E-state index contributed by atoms with van der Waals surface area (Å²) in [5.74, 6) is 1.15. The molecule has 2 aromatic heterocycles. The minimum atomic E-state index is 0.203. The van der Waals surface area contributed by atoms with Crippen LogP contribution in [0.5, 0.6) is 5.75 Å². The Balaban J connectivity index is 1.61. The molecule has 6 heteroatoms. The van der Waals surface area contributed by atoms with Crippen LogP contribution in [0.25, 0.3) is 22.8 Å². The van der Waals surface area contributed by atoms with E-state index in [1.165, 1.54) is 0 Å². The van der Waals surface area contributed by atoms with Gasteiger partial charge in [0.15, 0.2) is 0 Å². The van der Waals surface area contributed by atoms with Crippen molar-refractivity contribution >= 4 is 0 Å². The van der Waals surface area contributed by atoms with E-state index in [-0.39, 0.29) is 5.75 Å². The molecule has 0 fully saturated rings. The Morgan fingerprint density at radius 1 is 1.00 bits per heavy atom. The van der Waals surface area contributed by atoms with Crippen LogP contribution in [-0.2, 0) is 6.54 Å². The van der Waals surface area contributed by atoms with Crippen LogP contribution in [0.2, 0.25) is 0 Å². The molecule has 1 N–H and O–H groups in total. The number of hydrogen-bond donors (Lipinski definition) is 1. The Bertz CT molecular complexity index is 943. The molecule has 0 saturated heterocycles. The fourth-order valence-electron chi connectivity index (χ4n) is 2.45. The molecule has 0 aliphatic heterocycles. The highest BCUT2D eigenvalue weighted by atomic mass is 16.5. The van der Waals surface area contributed by atoms with Gasteiger partial charge in [-0.05, 0) is 48.0 Å². The summed E-state index contributed by atoms with van der Waals surface area (Å²) in [4.78, 5) is 4.44. The lowest BCUT2D eigenvalue weighted by molar-refractivity contribution is 0.432. The van der Waals surface area contributed by atoms with E-state index < -0.39 is 0 Å². The van der Waals surface area contributed by atoms with Crippen LogP contribution in [0, 0.1) is 0 Å². The summed E-state index contributed by atoms with van der Waals surface area (Å²) in [6.45, 7) is 0.680. The van der Waals surface area contributed by atoms with E-state index in [1.54, 1.807) is 30.5 Å². The summed E-state index contributed by atoms with van der Waals surface area (Å²) in [5.41, 5.74) is 2.74. The maximum atomic E-state index is 9.35. The monoisotopic (exact) mass is 318 g/mol. The molecule has 2 aromatic carbocycles. The van der Waals surface area contributed by atoms with E-state index in [0.717, 1.165) is 16.7 Å². The SMILES string of the molecule is Oc1ccc(-c2noc(-c3cccc(Cn4cccn4)c3)n2)cc1. The molecule has 0 spiro atoms. The molecule has 0 amide bonds. The summed E-state index contributed by atoms with van der Waals surface area (Å²) in [6, 6.07) is 16.5. The zero-order valence-electron chi connectivity index (χ0n) is 12.7. The fourth-order valence-corrected chi connectivity index (χ4v) is 2.45. The summed E-state index contributed by atoms with van der Waals surface area (Å²) in [7, 11) is 0. The van der Waals surface area contributed by atoms with Crippen molar-refractivity contribution in [3.63, 3.8) is 0 Å². The van der Waals surface area contributed by atoms with Crippen molar-refractivity contribution in [1.82, 2.24) is 19.9 Å². The Morgan fingerprint density at radius 2 is 1.88 bits per heavy atom. The normalized spacial score (nSPS) is 10.8. The van der Waals surface area contributed by atoms with Crippen LogP contribution in [0.15, 0.2) is 71.5 Å². The molecular weight excluding hydrogens is 304 g/mol. The first-order valence-corrected chi connectivity index (χ1v) is 7.48. The number of aromatic hydroxyl groups is 1. The van der Waals surface area contributed by atoms with Crippen molar-refractivity contribution in [2.75, 3.05) is 0 Å². The number of phenols is 1. The van der Waals surface area contributed by atoms with E-state index >= 15 is 0 Å². The highest BCUT2D eigenvalue weighted by Crippen LogP contribution is 2.24. The van der Waals surface area contributed by atoms with E-state index in [1.807, 2.05) is 41.2 Å². The van der Waals surface area contributed by atoms with E-state index in [9.17, 15) is 5.11 Å². The predicted octanol–water partition coefficient (Wildman–Crippen LogP) is 3.35. The highest BCUT2D eigenvalue weighted by Gasteiger charge is 2.11. The first-order chi connectivity index (χ1) is 11.8. The third kappa shape index (κ3) is 2.89. The summed E-state index contributed by atoms with van der Waals surface area (Å²) < 4.78 is 7.24. The standard InChI is InChI=1S/C18H14N4O2/c23-16-7-5-14(6-8-16)17-20-18(24-21-17)15-4-1-3-13(11-15)12-22-10-2-9-19-22/h1-11,23H,12H2. The summed E-state index contributed by atoms with van der Waals surface area (Å²) in [5, 5.41) is 17.6.